The SMILES string of the molecule is C=CCNC(=O)C(=O)c1cn(C)c2ccccc12. The van der Waals surface area contributed by atoms with Crippen molar-refractivity contribution in [1.82, 2.24) is 9.88 Å². The number of aromatic nitrogens is 1. The highest BCUT2D eigenvalue weighted by atomic mass is 16.2. The molecule has 0 spiro atoms. The van der Waals surface area contributed by atoms with Gasteiger partial charge >= 0.3 is 0 Å². The third-order valence-corrected chi connectivity index (χ3v) is 2.75. The fourth-order valence-corrected chi connectivity index (χ4v) is 1.89. The maximum atomic E-state index is 12.0. The minimum Gasteiger partial charge on any atom is -0.350 e. The van der Waals surface area contributed by atoms with Crippen LogP contribution in [-0.2, 0) is 11.8 Å². The molecule has 0 aliphatic rings. The molecule has 2 aromatic rings. The van der Waals surface area contributed by atoms with Crippen LogP contribution in [0.2, 0.25) is 0 Å². The highest BCUT2D eigenvalue weighted by Crippen LogP contribution is 2.20. The summed E-state index contributed by atoms with van der Waals surface area (Å²) in [7, 11) is 1.85. The Hall–Kier alpha value is -2.36. The molecule has 1 aromatic heterocycles. The van der Waals surface area contributed by atoms with Crippen molar-refractivity contribution in [2.75, 3.05) is 6.54 Å². The van der Waals surface area contributed by atoms with Crippen molar-refractivity contribution in [1.29, 1.82) is 0 Å². The number of fused-ring (bicyclic) bond motifs is 1. The number of carbonyl (C=O) groups excluding carboxylic acids is 2. The topological polar surface area (TPSA) is 51.1 Å². The molecule has 92 valence electrons. The van der Waals surface area contributed by atoms with Crippen LogP contribution in [0.1, 0.15) is 10.4 Å². The van der Waals surface area contributed by atoms with E-state index in [1.807, 2.05) is 35.9 Å². The van der Waals surface area contributed by atoms with E-state index in [2.05, 4.69) is 11.9 Å². The predicted octanol–water partition coefficient (Wildman–Crippen LogP) is 1.66. The lowest BCUT2D eigenvalue weighted by atomic mass is 10.1. The number of hydrogen-bond donors (Lipinski definition) is 1. The summed E-state index contributed by atoms with van der Waals surface area (Å²) in [6, 6.07) is 7.49. The van der Waals surface area contributed by atoms with Gasteiger partial charge in [-0.15, -0.1) is 6.58 Å². The average Bonchev–Trinajstić information content (AvgIpc) is 2.73. The molecule has 1 N–H and O–H groups in total. The fourth-order valence-electron chi connectivity index (χ4n) is 1.89. The van der Waals surface area contributed by atoms with Gasteiger partial charge in [0, 0.05) is 30.7 Å². The van der Waals surface area contributed by atoms with Crippen LogP contribution in [0.4, 0.5) is 0 Å². The van der Waals surface area contributed by atoms with Crippen LogP contribution in [-0.4, -0.2) is 22.8 Å². The summed E-state index contributed by atoms with van der Waals surface area (Å²) < 4.78 is 1.84. The van der Waals surface area contributed by atoms with Gasteiger partial charge in [-0.3, -0.25) is 9.59 Å². The number of para-hydroxylation sites is 1. The quantitative estimate of drug-likeness (QED) is 0.503. The minimum atomic E-state index is -0.605. The molecule has 1 amide bonds. The largest absolute Gasteiger partial charge is 0.350 e. The third-order valence-electron chi connectivity index (χ3n) is 2.75. The zero-order valence-corrected chi connectivity index (χ0v) is 10.1. The van der Waals surface area contributed by atoms with E-state index in [4.69, 9.17) is 0 Å². The van der Waals surface area contributed by atoms with Crippen molar-refractivity contribution < 1.29 is 9.59 Å². The molecule has 4 nitrogen and oxygen atoms in total. The molecule has 0 saturated heterocycles. The molecule has 0 saturated carbocycles. The van der Waals surface area contributed by atoms with E-state index < -0.39 is 11.7 Å². The smallest absolute Gasteiger partial charge is 0.292 e. The summed E-state index contributed by atoms with van der Waals surface area (Å²) in [5.74, 6) is -1.13. The van der Waals surface area contributed by atoms with Crippen LogP contribution < -0.4 is 5.32 Å². The normalized spacial score (nSPS) is 10.3. The molecular formula is C14H14N2O2. The van der Waals surface area contributed by atoms with Crippen molar-refractivity contribution >= 4 is 22.6 Å². The maximum Gasteiger partial charge on any atom is 0.292 e. The van der Waals surface area contributed by atoms with Crippen LogP contribution in [0.25, 0.3) is 10.9 Å². The molecule has 0 aliphatic heterocycles. The molecule has 0 bridgehead atoms. The molecule has 18 heavy (non-hydrogen) atoms. The summed E-state index contributed by atoms with van der Waals surface area (Å²) in [4.78, 5) is 23.7. The molecule has 4 heteroatoms. The number of carbonyl (C=O) groups is 2. The van der Waals surface area contributed by atoms with Crippen molar-refractivity contribution in [3.8, 4) is 0 Å². The Bertz CT molecular complexity index is 626. The molecule has 0 unspecified atom stereocenters. The lowest BCUT2D eigenvalue weighted by Crippen LogP contribution is -2.30. The standard InChI is InChI=1S/C14H14N2O2/c1-3-8-15-14(18)13(17)11-9-16(2)12-7-5-4-6-10(11)12/h3-7,9H,1,8H2,2H3,(H,15,18). The minimum absolute atomic E-state index is 0.287. The Morgan fingerprint density at radius 2 is 2.11 bits per heavy atom. The summed E-state index contributed by atoms with van der Waals surface area (Å²) in [6.45, 7) is 3.78. The van der Waals surface area contributed by atoms with Crippen molar-refractivity contribution in [2.24, 2.45) is 7.05 Å². The van der Waals surface area contributed by atoms with Crippen LogP contribution in [0, 0.1) is 0 Å². The summed E-state index contributed by atoms with van der Waals surface area (Å²) in [5, 5.41) is 3.28. The molecule has 2 rings (SSSR count). The first-order valence-corrected chi connectivity index (χ1v) is 5.62. The van der Waals surface area contributed by atoms with E-state index in [1.54, 1.807) is 6.20 Å². The third kappa shape index (κ3) is 2.05. The molecule has 1 heterocycles. The number of amides is 1. The second kappa shape index (κ2) is 4.87. The second-order valence-electron chi connectivity index (χ2n) is 4.00. The maximum absolute atomic E-state index is 12.0. The Balaban J connectivity index is 2.39. The number of Topliss-reactive ketones (excluding diaryl/α,β-unsaturated/α-hetero) is 1. The van der Waals surface area contributed by atoms with Gasteiger partial charge in [0.1, 0.15) is 0 Å². The van der Waals surface area contributed by atoms with E-state index in [1.165, 1.54) is 6.08 Å². The summed E-state index contributed by atoms with van der Waals surface area (Å²) in [6.07, 6.45) is 3.22. The number of ketones is 1. The van der Waals surface area contributed by atoms with Crippen molar-refractivity contribution in [2.45, 2.75) is 0 Å². The number of aryl methyl sites for hydroxylation is 1. The number of hydrogen-bond acceptors (Lipinski definition) is 2. The highest BCUT2D eigenvalue weighted by Gasteiger charge is 2.19. The van der Waals surface area contributed by atoms with Gasteiger partial charge < -0.3 is 9.88 Å². The molecule has 0 radical (unpaired) electrons. The van der Waals surface area contributed by atoms with Crippen molar-refractivity contribution in [3.63, 3.8) is 0 Å². The highest BCUT2D eigenvalue weighted by molar-refractivity contribution is 6.45. The first kappa shape index (κ1) is 12.1. The molecular weight excluding hydrogens is 228 g/mol. The van der Waals surface area contributed by atoms with Crippen LogP contribution >= 0.6 is 0 Å². The van der Waals surface area contributed by atoms with E-state index in [-0.39, 0.29) is 6.54 Å². The molecule has 0 atom stereocenters. The van der Waals surface area contributed by atoms with Gasteiger partial charge in [-0.2, -0.15) is 0 Å². The van der Waals surface area contributed by atoms with Crippen LogP contribution in [0.15, 0.2) is 43.1 Å². The summed E-state index contributed by atoms with van der Waals surface area (Å²) >= 11 is 0. The second-order valence-corrected chi connectivity index (χ2v) is 4.00. The number of benzene rings is 1. The van der Waals surface area contributed by atoms with Gasteiger partial charge in [0.25, 0.3) is 11.7 Å². The zero-order chi connectivity index (χ0) is 13.1. The van der Waals surface area contributed by atoms with Gasteiger partial charge in [0.15, 0.2) is 0 Å². The number of nitrogens with zero attached hydrogens (tertiary/aromatic N) is 1. The van der Waals surface area contributed by atoms with Gasteiger partial charge in [-0.1, -0.05) is 24.3 Å². The molecule has 0 fully saturated rings. The lowest BCUT2D eigenvalue weighted by molar-refractivity contribution is -0.116. The Morgan fingerprint density at radius 3 is 2.83 bits per heavy atom. The monoisotopic (exact) mass is 242 g/mol. The zero-order valence-electron chi connectivity index (χ0n) is 10.1. The van der Waals surface area contributed by atoms with Gasteiger partial charge in [0.2, 0.25) is 0 Å². The first-order chi connectivity index (χ1) is 8.65. The Labute approximate surface area is 105 Å². The van der Waals surface area contributed by atoms with Crippen LogP contribution in [0.5, 0.6) is 0 Å². The number of rotatable bonds is 4. The molecule has 0 aliphatic carbocycles. The lowest BCUT2D eigenvalue weighted by Gasteiger charge is -1.99. The van der Waals surface area contributed by atoms with Gasteiger partial charge in [0.05, 0.1) is 5.56 Å². The van der Waals surface area contributed by atoms with E-state index >= 15 is 0 Å². The molecule has 1 aromatic carbocycles. The first-order valence-electron chi connectivity index (χ1n) is 5.62. The Morgan fingerprint density at radius 1 is 1.39 bits per heavy atom. The van der Waals surface area contributed by atoms with E-state index in [9.17, 15) is 9.59 Å². The van der Waals surface area contributed by atoms with E-state index in [0.717, 1.165) is 10.9 Å². The predicted molar refractivity (Wildman–Crippen MR) is 70.5 cm³/mol. The number of nitrogens with one attached hydrogen (secondary N) is 1. The Kier molecular flexibility index (Phi) is 3.28. The summed E-state index contributed by atoms with van der Waals surface area (Å²) in [5.41, 5.74) is 1.35. The van der Waals surface area contributed by atoms with E-state index in [0.29, 0.717) is 5.56 Å². The average molecular weight is 242 g/mol. The van der Waals surface area contributed by atoms with Crippen LogP contribution in [0.3, 0.4) is 0 Å². The van der Waals surface area contributed by atoms with Gasteiger partial charge in [-0.05, 0) is 6.07 Å². The van der Waals surface area contributed by atoms with Crippen molar-refractivity contribution in [3.05, 3.63) is 48.7 Å². The van der Waals surface area contributed by atoms with Gasteiger partial charge in [-0.25, -0.2) is 0 Å². The fraction of sp³-hybridized carbons (Fsp3) is 0.143.